The second kappa shape index (κ2) is 1.55. The third-order valence-electron chi connectivity index (χ3n) is 0.434. The Balaban J connectivity index is 2.40. The van der Waals surface area contributed by atoms with Crippen LogP contribution in [0.2, 0.25) is 0 Å². The highest BCUT2D eigenvalue weighted by Gasteiger charge is 1.76. The van der Waals surface area contributed by atoms with Crippen LogP contribution in [0.15, 0.2) is 9.98 Å². The minimum absolute atomic E-state index is 0.514. The Morgan fingerprint density at radius 1 is 1.33 bits per heavy atom. The normalized spacial score (nSPS) is 17.3. The number of nitrogens with zero attached hydrogens (tertiary/aromatic N) is 2. The van der Waals surface area contributed by atoms with E-state index in [0.29, 0.717) is 6.67 Å². The number of ether oxygens (including phenoxy) is 1. The van der Waals surface area contributed by atoms with Gasteiger partial charge in [-0.1, -0.05) is 0 Å². The van der Waals surface area contributed by atoms with Crippen LogP contribution < -0.4 is 0 Å². The summed E-state index contributed by atoms with van der Waals surface area (Å²) < 4.78 is 4.49. The summed E-state index contributed by atoms with van der Waals surface area (Å²) in [6.45, 7) is 0.514. The Bertz CT molecular complexity index is 66.8. The van der Waals surface area contributed by atoms with E-state index in [9.17, 15) is 0 Å². The van der Waals surface area contributed by atoms with Crippen molar-refractivity contribution in [3.8, 4) is 0 Å². The highest BCUT2D eigenvalue weighted by molar-refractivity contribution is 5.65. The lowest BCUT2D eigenvalue weighted by Crippen LogP contribution is -1.91. The smallest absolute Gasteiger partial charge is 0.179 e. The van der Waals surface area contributed by atoms with Crippen LogP contribution in [-0.4, -0.2) is 19.5 Å². The van der Waals surface area contributed by atoms with Crippen molar-refractivity contribution >= 4 is 12.8 Å². The quantitative estimate of drug-likeness (QED) is 0.407. The maximum absolute atomic E-state index is 4.49. The summed E-state index contributed by atoms with van der Waals surface area (Å²) in [5.41, 5.74) is 0. The third-order valence-corrected chi connectivity index (χ3v) is 0.434. The number of rotatable bonds is 0. The van der Waals surface area contributed by atoms with Crippen LogP contribution in [0.25, 0.3) is 0 Å². The lowest BCUT2D eigenvalue weighted by atomic mass is 11.0. The van der Waals surface area contributed by atoms with Crippen LogP contribution in [0.1, 0.15) is 0 Å². The van der Waals surface area contributed by atoms with Crippen molar-refractivity contribution in [1.82, 2.24) is 0 Å². The van der Waals surface area contributed by atoms with E-state index in [4.69, 9.17) is 0 Å². The van der Waals surface area contributed by atoms with E-state index in [0.717, 1.165) is 0 Å². The van der Waals surface area contributed by atoms with E-state index >= 15 is 0 Å². The van der Waals surface area contributed by atoms with Gasteiger partial charge in [-0.3, -0.25) is 0 Å². The van der Waals surface area contributed by atoms with Crippen molar-refractivity contribution in [2.24, 2.45) is 9.98 Å². The molecule has 3 nitrogen and oxygen atoms in total. The van der Waals surface area contributed by atoms with Gasteiger partial charge < -0.3 is 4.74 Å². The third kappa shape index (κ3) is 0.544. The zero-order valence-corrected chi connectivity index (χ0v) is 3.16. The van der Waals surface area contributed by atoms with Gasteiger partial charge in [0.25, 0.3) is 0 Å². The van der Waals surface area contributed by atoms with E-state index in [2.05, 4.69) is 14.7 Å². The van der Waals surface area contributed by atoms with E-state index < -0.39 is 0 Å². The van der Waals surface area contributed by atoms with E-state index in [1.165, 1.54) is 12.8 Å². The van der Waals surface area contributed by atoms with Crippen LogP contribution in [0.5, 0.6) is 0 Å². The van der Waals surface area contributed by atoms with Gasteiger partial charge in [0.1, 0.15) is 6.67 Å². The molecule has 0 aromatic carbocycles. The molecular formula is C3H4N2O. The molecule has 0 aromatic heterocycles. The Hall–Kier alpha value is -0.860. The topological polar surface area (TPSA) is 34.0 Å². The minimum atomic E-state index is 0.514. The predicted molar refractivity (Wildman–Crippen MR) is 22.9 cm³/mol. The summed E-state index contributed by atoms with van der Waals surface area (Å²) in [7, 11) is 0. The molecule has 0 aliphatic carbocycles. The van der Waals surface area contributed by atoms with Crippen LogP contribution in [0, 0.1) is 0 Å². The molecule has 1 aliphatic heterocycles. The fourth-order valence-electron chi connectivity index (χ4n) is 0.227. The molecule has 32 valence electrons. The summed E-state index contributed by atoms with van der Waals surface area (Å²) in [6, 6.07) is 0. The van der Waals surface area contributed by atoms with Crippen molar-refractivity contribution in [1.29, 1.82) is 0 Å². The van der Waals surface area contributed by atoms with E-state index in [-0.39, 0.29) is 0 Å². The molecule has 0 amide bonds. The van der Waals surface area contributed by atoms with Crippen LogP contribution in [0.3, 0.4) is 0 Å². The zero-order chi connectivity index (χ0) is 4.24. The molecule has 0 saturated carbocycles. The van der Waals surface area contributed by atoms with E-state index in [1.807, 2.05) is 0 Å². The summed E-state index contributed by atoms with van der Waals surface area (Å²) in [5, 5.41) is 0. The average Bonchev–Trinajstić information content (AvgIpc) is 1.72. The molecular weight excluding hydrogens is 80.0 g/mol. The summed E-state index contributed by atoms with van der Waals surface area (Å²) in [5.74, 6) is 0. The predicted octanol–water partition coefficient (Wildman–Crippen LogP) is 0.0307. The average molecular weight is 84.1 g/mol. The largest absolute Gasteiger partial charge is 0.435 e. The molecule has 1 rings (SSSR count). The first-order valence-corrected chi connectivity index (χ1v) is 1.62. The Morgan fingerprint density at radius 3 is 2.17 bits per heavy atom. The van der Waals surface area contributed by atoms with Crippen molar-refractivity contribution in [3.05, 3.63) is 0 Å². The van der Waals surface area contributed by atoms with E-state index in [1.54, 1.807) is 0 Å². The van der Waals surface area contributed by atoms with Gasteiger partial charge in [0.05, 0.1) is 0 Å². The first-order valence-electron chi connectivity index (χ1n) is 1.62. The van der Waals surface area contributed by atoms with Gasteiger partial charge in [0.2, 0.25) is 0 Å². The standard InChI is InChI=1S/C3H4N2O/c1-4-2-6-3-5-1/h2-3H,1H2. The number of aliphatic imine (C=N–C) groups is 2. The fraction of sp³-hybridized carbons (Fsp3) is 0.333. The molecule has 0 bridgehead atoms. The molecule has 0 atom stereocenters. The molecule has 0 fully saturated rings. The molecule has 0 spiro atoms. The highest BCUT2D eigenvalue weighted by Crippen LogP contribution is 1.75. The maximum atomic E-state index is 4.49. The van der Waals surface area contributed by atoms with Gasteiger partial charge in [-0.05, 0) is 0 Å². The van der Waals surface area contributed by atoms with Crippen molar-refractivity contribution in [2.45, 2.75) is 0 Å². The molecule has 1 heterocycles. The Labute approximate surface area is 35.4 Å². The second-order valence-electron chi connectivity index (χ2n) is 0.853. The molecule has 6 heavy (non-hydrogen) atoms. The zero-order valence-electron chi connectivity index (χ0n) is 3.16. The van der Waals surface area contributed by atoms with Crippen LogP contribution >= 0.6 is 0 Å². The Morgan fingerprint density at radius 2 is 2.00 bits per heavy atom. The molecule has 0 aromatic rings. The summed E-state index contributed by atoms with van der Waals surface area (Å²) in [6.07, 6.45) is 2.74. The van der Waals surface area contributed by atoms with Crippen molar-refractivity contribution in [3.63, 3.8) is 0 Å². The molecule has 1 aliphatic rings. The number of hydrogen-bond donors (Lipinski definition) is 0. The molecule has 3 heteroatoms. The highest BCUT2D eigenvalue weighted by atomic mass is 16.5. The maximum Gasteiger partial charge on any atom is 0.179 e. The second-order valence-corrected chi connectivity index (χ2v) is 0.853. The summed E-state index contributed by atoms with van der Waals surface area (Å²) in [4.78, 5) is 7.26. The van der Waals surface area contributed by atoms with Gasteiger partial charge in [0, 0.05) is 0 Å². The van der Waals surface area contributed by atoms with Gasteiger partial charge >= 0.3 is 0 Å². The van der Waals surface area contributed by atoms with Crippen LogP contribution in [0.4, 0.5) is 0 Å². The molecule has 0 unspecified atom stereocenters. The van der Waals surface area contributed by atoms with Crippen molar-refractivity contribution in [2.75, 3.05) is 6.67 Å². The molecule has 0 saturated heterocycles. The molecule has 0 N–H and O–H groups in total. The van der Waals surface area contributed by atoms with Crippen LogP contribution in [-0.2, 0) is 4.74 Å². The van der Waals surface area contributed by atoms with Crippen molar-refractivity contribution < 1.29 is 4.74 Å². The van der Waals surface area contributed by atoms with Gasteiger partial charge in [-0.2, -0.15) is 0 Å². The van der Waals surface area contributed by atoms with Gasteiger partial charge in [-0.15, -0.1) is 0 Å². The summed E-state index contributed by atoms with van der Waals surface area (Å²) >= 11 is 0. The van der Waals surface area contributed by atoms with Gasteiger partial charge in [0.15, 0.2) is 12.8 Å². The first kappa shape index (κ1) is 3.33. The SMILES string of the molecule is C1=NCN=CO1. The fourth-order valence-corrected chi connectivity index (χ4v) is 0.227. The lowest BCUT2D eigenvalue weighted by molar-refractivity contribution is 0.573. The number of hydrogen-bond acceptors (Lipinski definition) is 3. The first-order chi connectivity index (χ1) is 3.00. The molecule has 0 radical (unpaired) electrons. The monoisotopic (exact) mass is 84.0 g/mol. The lowest BCUT2D eigenvalue weighted by Gasteiger charge is -1.90. The van der Waals surface area contributed by atoms with Gasteiger partial charge in [-0.25, -0.2) is 9.98 Å². The minimum Gasteiger partial charge on any atom is -0.435 e. The Kier molecular flexibility index (Phi) is 0.859.